The maximum atomic E-state index is 12.2. The van der Waals surface area contributed by atoms with E-state index in [0.717, 1.165) is 10.0 Å². The number of hydrogen-bond donors (Lipinski definition) is 2. The first-order valence-electron chi connectivity index (χ1n) is 6.00. The second kappa shape index (κ2) is 5.92. The van der Waals surface area contributed by atoms with E-state index in [9.17, 15) is 14.9 Å². The van der Waals surface area contributed by atoms with Gasteiger partial charge in [0.15, 0.2) is 0 Å². The number of nitrogens with two attached hydrogens (primary N) is 1. The molecule has 0 atom stereocenters. The molecule has 0 aliphatic carbocycles. The molecule has 0 spiro atoms. The van der Waals surface area contributed by atoms with Crippen molar-refractivity contribution in [3.63, 3.8) is 0 Å². The fourth-order valence-corrected chi connectivity index (χ4v) is 2.08. The number of para-hydroxylation sites is 1. The first kappa shape index (κ1) is 15.0. The van der Waals surface area contributed by atoms with Crippen LogP contribution in [0.2, 0.25) is 0 Å². The average Bonchev–Trinajstić information content (AvgIpc) is 2.42. The highest BCUT2D eigenvalue weighted by molar-refractivity contribution is 9.10. The Bertz CT molecular complexity index is 731. The molecule has 21 heavy (non-hydrogen) atoms. The number of anilines is 2. The Morgan fingerprint density at radius 1 is 1.33 bits per heavy atom. The summed E-state index contributed by atoms with van der Waals surface area (Å²) in [7, 11) is 0. The van der Waals surface area contributed by atoms with Gasteiger partial charge in [-0.05, 0) is 36.8 Å². The summed E-state index contributed by atoms with van der Waals surface area (Å²) >= 11 is 3.37. The lowest BCUT2D eigenvalue weighted by Gasteiger charge is -2.09. The molecule has 6 nitrogen and oxygen atoms in total. The van der Waals surface area contributed by atoms with Crippen LogP contribution >= 0.6 is 15.9 Å². The molecule has 0 aliphatic rings. The van der Waals surface area contributed by atoms with Gasteiger partial charge in [-0.2, -0.15) is 0 Å². The number of rotatable bonds is 3. The number of nitro benzene ring substituents is 1. The average molecular weight is 350 g/mol. The molecule has 0 aliphatic heterocycles. The summed E-state index contributed by atoms with van der Waals surface area (Å²) in [6.45, 7) is 1.89. The summed E-state index contributed by atoms with van der Waals surface area (Å²) in [5, 5.41) is 13.5. The molecule has 0 aromatic heterocycles. The molecule has 0 radical (unpaired) electrons. The van der Waals surface area contributed by atoms with E-state index in [1.807, 2.05) is 13.0 Å². The Labute approximate surface area is 129 Å². The Morgan fingerprint density at radius 3 is 2.67 bits per heavy atom. The summed E-state index contributed by atoms with van der Waals surface area (Å²) in [6.07, 6.45) is 0. The largest absolute Gasteiger partial charge is 0.393 e. The Morgan fingerprint density at radius 2 is 2.05 bits per heavy atom. The lowest BCUT2D eigenvalue weighted by molar-refractivity contribution is -0.383. The normalized spacial score (nSPS) is 10.2. The maximum Gasteiger partial charge on any atom is 0.292 e. The number of nitrogen functional groups attached to an aromatic ring is 1. The molecule has 0 bridgehead atoms. The van der Waals surface area contributed by atoms with Gasteiger partial charge >= 0.3 is 0 Å². The summed E-state index contributed by atoms with van der Waals surface area (Å²) in [5.74, 6) is -0.488. The van der Waals surface area contributed by atoms with E-state index in [0.29, 0.717) is 5.69 Å². The predicted octanol–water partition coefficient (Wildman–Crippen LogP) is 3.50. The maximum absolute atomic E-state index is 12.2. The zero-order chi connectivity index (χ0) is 15.6. The quantitative estimate of drug-likeness (QED) is 0.503. The van der Waals surface area contributed by atoms with Gasteiger partial charge in [0.05, 0.1) is 10.5 Å². The minimum absolute atomic E-state index is 0.0739. The number of halogens is 1. The molecule has 108 valence electrons. The molecule has 0 heterocycles. The van der Waals surface area contributed by atoms with Crippen molar-refractivity contribution < 1.29 is 9.72 Å². The van der Waals surface area contributed by atoms with Crippen LogP contribution in [0.1, 0.15) is 15.9 Å². The number of carbonyl (C=O) groups excluding carboxylic acids is 1. The number of amides is 1. The van der Waals surface area contributed by atoms with Gasteiger partial charge in [0.2, 0.25) is 0 Å². The molecule has 3 N–H and O–H groups in total. The van der Waals surface area contributed by atoms with E-state index in [1.54, 1.807) is 12.1 Å². The van der Waals surface area contributed by atoms with Crippen molar-refractivity contribution in [3.05, 3.63) is 62.1 Å². The Hall–Kier alpha value is -2.41. The Kier molecular flexibility index (Phi) is 4.23. The van der Waals surface area contributed by atoms with Crippen LogP contribution in [0.25, 0.3) is 0 Å². The standard InChI is InChI=1S/C14H12BrN3O3/c1-8-7-9(5-6-11(8)15)17-14(19)10-3-2-4-12(13(10)16)18(20)21/h2-7H,16H2,1H3,(H,17,19). The van der Waals surface area contributed by atoms with Crippen LogP contribution in [0, 0.1) is 17.0 Å². The van der Waals surface area contributed by atoms with Crippen LogP contribution in [0.15, 0.2) is 40.9 Å². The summed E-state index contributed by atoms with van der Waals surface area (Å²) in [6, 6.07) is 9.45. The van der Waals surface area contributed by atoms with Crippen LogP contribution in [0.4, 0.5) is 17.1 Å². The number of nitrogens with one attached hydrogen (secondary N) is 1. The highest BCUT2D eigenvalue weighted by Crippen LogP contribution is 2.26. The summed E-state index contributed by atoms with van der Waals surface area (Å²) < 4.78 is 0.926. The van der Waals surface area contributed by atoms with Crippen LogP contribution < -0.4 is 11.1 Å². The van der Waals surface area contributed by atoms with Crippen LogP contribution in [-0.4, -0.2) is 10.8 Å². The molecule has 0 saturated carbocycles. The molecule has 2 aromatic carbocycles. The van der Waals surface area contributed by atoms with Crippen LogP contribution in [-0.2, 0) is 0 Å². The van der Waals surface area contributed by atoms with Crippen molar-refractivity contribution in [2.75, 3.05) is 11.1 Å². The molecule has 1 amide bonds. The minimum atomic E-state index is -0.615. The number of aryl methyl sites for hydroxylation is 1. The van der Waals surface area contributed by atoms with E-state index < -0.39 is 10.8 Å². The van der Waals surface area contributed by atoms with Gasteiger partial charge in [-0.15, -0.1) is 0 Å². The number of hydrogen-bond acceptors (Lipinski definition) is 4. The van der Waals surface area contributed by atoms with E-state index in [-0.39, 0.29) is 16.9 Å². The van der Waals surface area contributed by atoms with E-state index >= 15 is 0 Å². The van der Waals surface area contributed by atoms with Gasteiger partial charge < -0.3 is 11.1 Å². The molecule has 2 rings (SSSR count). The molecule has 7 heteroatoms. The first-order chi connectivity index (χ1) is 9.90. The van der Waals surface area contributed by atoms with Crippen molar-refractivity contribution in [2.45, 2.75) is 6.92 Å². The number of carbonyl (C=O) groups is 1. The highest BCUT2D eigenvalue weighted by Gasteiger charge is 2.19. The molecule has 0 unspecified atom stereocenters. The van der Waals surface area contributed by atoms with Crippen molar-refractivity contribution in [1.82, 2.24) is 0 Å². The molecule has 0 fully saturated rings. The third kappa shape index (κ3) is 3.19. The fraction of sp³-hybridized carbons (Fsp3) is 0.0714. The van der Waals surface area contributed by atoms with Crippen molar-refractivity contribution in [1.29, 1.82) is 0 Å². The van der Waals surface area contributed by atoms with Crippen LogP contribution in [0.3, 0.4) is 0 Å². The van der Waals surface area contributed by atoms with Gasteiger partial charge in [0.25, 0.3) is 11.6 Å². The van der Waals surface area contributed by atoms with Crippen molar-refractivity contribution in [2.24, 2.45) is 0 Å². The lowest BCUT2D eigenvalue weighted by atomic mass is 10.1. The van der Waals surface area contributed by atoms with E-state index in [4.69, 9.17) is 5.73 Å². The predicted molar refractivity (Wildman–Crippen MR) is 84.3 cm³/mol. The third-order valence-electron chi connectivity index (χ3n) is 2.94. The van der Waals surface area contributed by atoms with Gasteiger partial charge in [-0.1, -0.05) is 22.0 Å². The zero-order valence-corrected chi connectivity index (χ0v) is 12.7. The van der Waals surface area contributed by atoms with Gasteiger partial charge in [0, 0.05) is 16.2 Å². The zero-order valence-electron chi connectivity index (χ0n) is 11.1. The first-order valence-corrected chi connectivity index (χ1v) is 6.80. The van der Waals surface area contributed by atoms with E-state index in [2.05, 4.69) is 21.2 Å². The van der Waals surface area contributed by atoms with Crippen LogP contribution in [0.5, 0.6) is 0 Å². The highest BCUT2D eigenvalue weighted by atomic mass is 79.9. The molecule has 2 aromatic rings. The van der Waals surface area contributed by atoms with Gasteiger partial charge in [-0.25, -0.2) is 0 Å². The van der Waals surface area contributed by atoms with Gasteiger partial charge in [0.1, 0.15) is 5.69 Å². The van der Waals surface area contributed by atoms with Crippen molar-refractivity contribution in [3.8, 4) is 0 Å². The number of nitrogens with zero attached hydrogens (tertiary/aromatic N) is 1. The van der Waals surface area contributed by atoms with E-state index in [1.165, 1.54) is 18.2 Å². The Balaban J connectivity index is 2.30. The number of nitro groups is 1. The third-order valence-corrected chi connectivity index (χ3v) is 3.83. The fourth-order valence-electron chi connectivity index (χ4n) is 1.83. The SMILES string of the molecule is Cc1cc(NC(=O)c2cccc([N+](=O)[O-])c2N)ccc1Br. The summed E-state index contributed by atoms with van der Waals surface area (Å²) in [4.78, 5) is 22.4. The topological polar surface area (TPSA) is 98.3 Å². The minimum Gasteiger partial charge on any atom is -0.393 e. The molecular weight excluding hydrogens is 338 g/mol. The molecular formula is C14H12BrN3O3. The van der Waals surface area contributed by atoms with Gasteiger partial charge in [-0.3, -0.25) is 14.9 Å². The second-order valence-electron chi connectivity index (χ2n) is 4.41. The lowest BCUT2D eigenvalue weighted by Crippen LogP contribution is -2.15. The molecule has 0 saturated heterocycles. The number of benzene rings is 2. The smallest absolute Gasteiger partial charge is 0.292 e. The monoisotopic (exact) mass is 349 g/mol. The summed E-state index contributed by atoms with van der Waals surface area (Å²) in [5.41, 5.74) is 6.88. The van der Waals surface area contributed by atoms with Crippen molar-refractivity contribution >= 4 is 38.9 Å². The second-order valence-corrected chi connectivity index (χ2v) is 5.27.